The molecule has 5 rings (SSSR count). The van der Waals surface area contributed by atoms with Crippen LogP contribution < -0.4 is 0 Å². The zero-order chi connectivity index (χ0) is 14.7. The molecule has 0 aromatic carbocycles. The largest absolute Gasteiger partial charge is 0.332 e. The van der Waals surface area contributed by atoms with Gasteiger partial charge in [-0.15, -0.1) is 5.10 Å². The molecule has 1 amide bonds. The van der Waals surface area contributed by atoms with Crippen molar-refractivity contribution < 1.29 is 4.79 Å². The smallest absolute Gasteiger partial charge is 0.293 e. The monoisotopic (exact) mass is 297 g/mol. The Bertz CT molecular complexity index is 700. The Hall–Kier alpha value is -1.98. The van der Waals surface area contributed by atoms with Crippen LogP contribution in [-0.4, -0.2) is 43.0 Å². The van der Waals surface area contributed by atoms with E-state index in [1.54, 1.807) is 23.0 Å². The molecule has 3 heterocycles. The summed E-state index contributed by atoms with van der Waals surface area (Å²) in [4.78, 5) is 23.4. The van der Waals surface area contributed by atoms with Gasteiger partial charge in [-0.05, 0) is 55.9 Å². The Morgan fingerprint density at radius 2 is 1.95 bits per heavy atom. The van der Waals surface area contributed by atoms with Crippen LogP contribution in [0.1, 0.15) is 42.7 Å². The highest BCUT2D eigenvalue weighted by Gasteiger charge is 2.48. The van der Waals surface area contributed by atoms with Crippen molar-refractivity contribution in [2.75, 3.05) is 6.54 Å². The average Bonchev–Trinajstić information content (AvgIpc) is 3.47. The molecule has 0 unspecified atom stereocenters. The van der Waals surface area contributed by atoms with Crippen LogP contribution in [0.15, 0.2) is 18.5 Å². The van der Waals surface area contributed by atoms with Gasteiger partial charge >= 0.3 is 0 Å². The molecule has 0 N–H and O–H groups in total. The van der Waals surface area contributed by atoms with Gasteiger partial charge in [0.1, 0.15) is 0 Å². The molecule has 0 radical (unpaired) electrons. The minimum atomic E-state index is -0.00875. The number of nitrogens with zero attached hydrogens (tertiary/aromatic N) is 5. The van der Waals surface area contributed by atoms with Crippen molar-refractivity contribution in [3.05, 3.63) is 24.3 Å². The number of amides is 1. The van der Waals surface area contributed by atoms with Crippen LogP contribution in [0.5, 0.6) is 0 Å². The van der Waals surface area contributed by atoms with Gasteiger partial charge in [-0.2, -0.15) is 4.98 Å². The second-order valence-electron chi connectivity index (χ2n) is 7.00. The molecule has 6 nitrogen and oxygen atoms in total. The first-order valence-corrected chi connectivity index (χ1v) is 8.28. The van der Waals surface area contributed by atoms with E-state index in [0.29, 0.717) is 29.5 Å². The quantitative estimate of drug-likeness (QED) is 0.866. The van der Waals surface area contributed by atoms with E-state index in [1.165, 1.54) is 32.1 Å². The van der Waals surface area contributed by atoms with Crippen molar-refractivity contribution in [2.45, 2.75) is 38.1 Å². The summed E-state index contributed by atoms with van der Waals surface area (Å²) in [6.07, 6.45) is 9.87. The Labute approximate surface area is 128 Å². The standard InChI is InChI=1S/C16H19N5O/c22-15(14-18-16-17-6-1-7-21(16)19-14)20-9-12(10-2-3-10)8-13(20)11-4-5-11/h1,6-7,10-13H,2-5,8-9H2/t12-,13-/m1/s1. The molecular weight excluding hydrogens is 278 g/mol. The first-order valence-electron chi connectivity index (χ1n) is 8.28. The number of carbonyl (C=O) groups is 1. The number of fused-ring (bicyclic) bond motifs is 1. The zero-order valence-corrected chi connectivity index (χ0v) is 12.4. The number of carbonyl (C=O) groups excluding carboxylic acids is 1. The lowest BCUT2D eigenvalue weighted by Gasteiger charge is -2.23. The van der Waals surface area contributed by atoms with Gasteiger partial charge in [0.05, 0.1) is 0 Å². The van der Waals surface area contributed by atoms with Gasteiger partial charge in [0, 0.05) is 25.0 Å². The topological polar surface area (TPSA) is 63.4 Å². The summed E-state index contributed by atoms with van der Waals surface area (Å²) in [7, 11) is 0. The minimum Gasteiger partial charge on any atom is -0.332 e. The third-order valence-corrected chi connectivity index (χ3v) is 5.40. The third kappa shape index (κ3) is 2.01. The van der Waals surface area contributed by atoms with Crippen molar-refractivity contribution in [2.24, 2.45) is 17.8 Å². The molecule has 3 aliphatic rings. The first-order chi connectivity index (χ1) is 10.8. The number of hydrogen-bond donors (Lipinski definition) is 0. The average molecular weight is 297 g/mol. The lowest BCUT2D eigenvalue weighted by atomic mass is 9.98. The molecular formula is C16H19N5O. The molecule has 6 heteroatoms. The van der Waals surface area contributed by atoms with Gasteiger partial charge in [-0.25, -0.2) is 9.50 Å². The minimum absolute atomic E-state index is 0.00875. The lowest BCUT2D eigenvalue weighted by Crippen LogP contribution is -2.37. The van der Waals surface area contributed by atoms with E-state index in [9.17, 15) is 4.79 Å². The summed E-state index contributed by atoms with van der Waals surface area (Å²) in [5, 5.41) is 4.31. The van der Waals surface area contributed by atoms with Crippen LogP contribution in [0.4, 0.5) is 0 Å². The molecule has 2 aromatic rings. The molecule has 22 heavy (non-hydrogen) atoms. The summed E-state index contributed by atoms with van der Waals surface area (Å²) < 4.78 is 1.58. The summed E-state index contributed by atoms with van der Waals surface area (Å²) in [5.74, 6) is 3.04. The van der Waals surface area contributed by atoms with Crippen LogP contribution in [0.3, 0.4) is 0 Å². The fraction of sp³-hybridized carbons (Fsp3) is 0.625. The number of rotatable bonds is 3. The Balaban J connectivity index is 1.44. The molecule has 3 fully saturated rings. The molecule has 2 atom stereocenters. The maximum Gasteiger partial charge on any atom is 0.293 e. The highest BCUT2D eigenvalue weighted by atomic mass is 16.2. The van der Waals surface area contributed by atoms with Gasteiger partial charge in [0.25, 0.3) is 11.7 Å². The van der Waals surface area contributed by atoms with Gasteiger partial charge in [-0.3, -0.25) is 4.79 Å². The Morgan fingerprint density at radius 1 is 1.14 bits per heavy atom. The van der Waals surface area contributed by atoms with Gasteiger partial charge in [0.2, 0.25) is 5.82 Å². The van der Waals surface area contributed by atoms with Crippen molar-refractivity contribution in [3.63, 3.8) is 0 Å². The van der Waals surface area contributed by atoms with Crippen molar-refractivity contribution in [1.29, 1.82) is 0 Å². The molecule has 0 bridgehead atoms. The maximum atomic E-state index is 12.9. The van der Waals surface area contributed by atoms with E-state index in [1.807, 2.05) is 0 Å². The normalized spacial score (nSPS) is 28.5. The molecule has 1 saturated heterocycles. The second-order valence-corrected chi connectivity index (χ2v) is 7.00. The van der Waals surface area contributed by atoms with Gasteiger partial charge in [-0.1, -0.05) is 0 Å². The highest BCUT2D eigenvalue weighted by Crippen LogP contribution is 2.48. The van der Waals surface area contributed by atoms with E-state index in [4.69, 9.17) is 0 Å². The van der Waals surface area contributed by atoms with Crippen LogP contribution >= 0.6 is 0 Å². The number of hydrogen-bond acceptors (Lipinski definition) is 4. The lowest BCUT2D eigenvalue weighted by molar-refractivity contribution is 0.0704. The Morgan fingerprint density at radius 3 is 2.68 bits per heavy atom. The zero-order valence-electron chi connectivity index (χ0n) is 12.4. The van der Waals surface area contributed by atoms with E-state index in [-0.39, 0.29) is 5.91 Å². The third-order valence-electron chi connectivity index (χ3n) is 5.40. The van der Waals surface area contributed by atoms with Crippen molar-refractivity contribution in [1.82, 2.24) is 24.5 Å². The fourth-order valence-corrected chi connectivity index (χ4v) is 3.92. The van der Waals surface area contributed by atoms with Crippen LogP contribution in [0.25, 0.3) is 5.78 Å². The van der Waals surface area contributed by atoms with Crippen molar-refractivity contribution >= 4 is 11.7 Å². The van der Waals surface area contributed by atoms with E-state index < -0.39 is 0 Å². The van der Waals surface area contributed by atoms with Gasteiger partial charge < -0.3 is 4.90 Å². The summed E-state index contributed by atoms with van der Waals surface area (Å²) in [6.45, 7) is 0.896. The Kier molecular flexibility index (Phi) is 2.57. The summed E-state index contributed by atoms with van der Waals surface area (Å²) in [6, 6.07) is 2.21. The second kappa shape index (κ2) is 4.51. The summed E-state index contributed by atoms with van der Waals surface area (Å²) >= 11 is 0. The van der Waals surface area contributed by atoms with Crippen LogP contribution in [0.2, 0.25) is 0 Å². The van der Waals surface area contributed by atoms with Crippen molar-refractivity contribution in [3.8, 4) is 0 Å². The molecule has 1 aliphatic heterocycles. The van der Waals surface area contributed by atoms with E-state index >= 15 is 0 Å². The molecule has 2 aromatic heterocycles. The SMILES string of the molecule is O=C(c1nc2ncccn2n1)N1C[C@H](C2CC2)C[C@@H]1C1CC1. The summed E-state index contributed by atoms with van der Waals surface area (Å²) in [5.41, 5.74) is 0. The van der Waals surface area contributed by atoms with Gasteiger partial charge in [0.15, 0.2) is 0 Å². The van der Waals surface area contributed by atoms with Crippen LogP contribution in [0, 0.1) is 17.8 Å². The number of aromatic nitrogens is 4. The first kappa shape index (κ1) is 12.6. The maximum absolute atomic E-state index is 12.9. The highest BCUT2D eigenvalue weighted by molar-refractivity contribution is 5.91. The fourth-order valence-electron chi connectivity index (χ4n) is 3.92. The number of likely N-dealkylation sites (tertiary alicyclic amines) is 1. The van der Waals surface area contributed by atoms with Crippen LogP contribution in [-0.2, 0) is 0 Å². The molecule has 114 valence electrons. The van der Waals surface area contributed by atoms with E-state index in [0.717, 1.165) is 12.5 Å². The predicted molar refractivity (Wildman–Crippen MR) is 79.2 cm³/mol. The van der Waals surface area contributed by atoms with E-state index in [2.05, 4.69) is 20.0 Å². The molecule has 2 saturated carbocycles. The molecule has 2 aliphatic carbocycles. The predicted octanol–water partition coefficient (Wildman–Crippen LogP) is 1.77. The molecule has 0 spiro atoms.